The second-order valence-electron chi connectivity index (χ2n) is 5.06. The first-order valence-corrected chi connectivity index (χ1v) is 7.28. The van der Waals surface area contributed by atoms with Gasteiger partial charge >= 0.3 is 12.6 Å². The lowest BCUT2D eigenvalue weighted by Gasteiger charge is -2.14. The fourth-order valence-electron chi connectivity index (χ4n) is 1.88. The summed E-state index contributed by atoms with van der Waals surface area (Å²) < 4.78 is 59.5. The lowest BCUT2D eigenvalue weighted by atomic mass is 10.2. The van der Waals surface area contributed by atoms with Crippen molar-refractivity contribution < 1.29 is 36.6 Å². The fourth-order valence-corrected chi connectivity index (χ4v) is 1.88. The number of alkyl halides is 2. The maximum absolute atomic E-state index is 13.5. The number of amides is 1. The summed E-state index contributed by atoms with van der Waals surface area (Å²) in [6.07, 6.45) is -1.29. The predicted molar refractivity (Wildman–Crippen MR) is 82.9 cm³/mol. The number of hydrogen-bond donors (Lipinski definition) is 1. The normalized spacial score (nSPS) is 11.8. The number of nitrogens with one attached hydrogen (secondary N) is 1. The molecular weight excluding hydrogens is 358 g/mol. The first kappa shape index (κ1) is 19.2. The smallest absolute Gasteiger partial charge is 0.387 e. The molecule has 0 aliphatic rings. The third-order valence-corrected chi connectivity index (χ3v) is 3.16. The second-order valence-corrected chi connectivity index (χ2v) is 5.06. The number of ether oxygens (including phenoxy) is 2. The topological polar surface area (TPSA) is 64.6 Å². The van der Waals surface area contributed by atoms with Crippen LogP contribution in [0.5, 0.6) is 5.75 Å². The average Bonchev–Trinajstić information content (AvgIpc) is 2.57. The van der Waals surface area contributed by atoms with Crippen LogP contribution in [-0.2, 0) is 9.53 Å². The number of anilines is 1. The Hall–Kier alpha value is -3.10. The Morgan fingerprint density at radius 1 is 1.04 bits per heavy atom. The summed E-state index contributed by atoms with van der Waals surface area (Å²) in [6, 6.07) is 7.23. The van der Waals surface area contributed by atoms with Crippen molar-refractivity contribution in [2.24, 2.45) is 0 Å². The molecule has 138 valence electrons. The van der Waals surface area contributed by atoms with Gasteiger partial charge < -0.3 is 14.8 Å². The number of carbonyl (C=O) groups excluding carboxylic acids is 2. The molecule has 5 nitrogen and oxygen atoms in total. The molecule has 26 heavy (non-hydrogen) atoms. The lowest BCUT2D eigenvalue weighted by Crippen LogP contribution is -2.30. The summed E-state index contributed by atoms with van der Waals surface area (Å²) in [5.41, 5.74) is -0.271. The van der Waals surface area contributed by atoms with Crippen LogP contribution in [0.1, 0.15) is 17.3 Å². The average molecular weight is 371 g/mol. The quantitative estimate of drug-likeness (QED) is 0.621. The van der Waals surface area contributed by atoms with Crippen LogP contribution < -0.4 is 10.1 Å². The van der Waals surface area contributed by atoms with Gasteiger partial charge in [0, 0.05) is 6.07 Å². The van der Waals surface area contributed by atoms with Gasteiger partial charge in [0.1, 0.15) is 17.4 Å². The van der Waals surface area contributed by atoms with Crippen LogP contribution >= 0.6 is 0 Å². The van der Waals surface area contributed by atoms with Crippen LogP contribution in [0.15, 0.2) is 42.5 Å². The van der Waals surface area contributed by atoms with Crippen molar-refractivity contribution in [2.45, 2.75) is 19.6 Å². The van der Waals surface area contributed by atoms with Crippen LogP contribution in [-0.4, -0.2) is 24.6 Å². The van der Waals surface area contributed by atoms with Gasteiger partial charge in [-0.3, -0.25) is 4.79 Å². The molecule has 0 heterocycles. The molecule has 2 aromatic carbocycles. The molecule has 0 saturated carbocycles. The van der Waals surface area contributed by atoms with E-state index in [9.17, 15) is 27.2 Å². The van der Waals surface area contributed by atoms with E-state index >= 15 is 0 Å². The minimum absolute atomic E-state index is 0.000714. The molecule has 0 aliphatic carbocycles. The van der Waals surface area contributed by atoms with Crippen LogP contribution in [0.2, 0.25) is 0 Å². The van der Waals surface area contributed by atoms with Gasteiger partial charge in [0.15, 0.2) is 6.10 Å². The van der Waals surface area contributed by atoms with E-state index in [0.717, 1.165) is 24.3 Å². The molecule has 0 saturated heterocycles. The first-order chi connectivity index (χ1) is 12.3. The Labute approximate surface area is 145 Å². The monoisotopic (exact) mass is 371 g/mol. The standard InChI is InChI=1S/C17H13F4NO4/c1-9(15(23)22-14-7-4-11(18)8-13(14)19)25-16(24)10-2-5-12(6-3-10)26-17(20)21/h2-9,17H,1H3,(H,22,23)/t9-/m0/s1. The van der Waals surface area contributed by atoms with Crippen LogP contribution in [0.4, 0.5) is 23.2 Å². The molecule has 0 bridgehead atoms. The Balaban J connectivity index is 1.96. The van der Waals surface area contributed by atoms with Gasteiger partial charge in [-0.05, 0) is 43.3 Å². The van der Waals surface area contributed by atoms with E-state index in [1.54, 1.807) is 0 Å². The largest absolute Gasteiger partial charge is 0.449 e. The van der Waals surface area contributed by atoms with Crippen molar-refractivity contribution >= 4 is 17.6 Å². The highest BCUT2D eigenvalue weighted by Crippen LogP contribution is 2.17. The second kappa shape index (κ2) is 8.32. The SMILES string of the molecule is C[C@H](OC(=O)c1ccc(OC(F)F)cc1)C(=O)Nc1ccc(F)cc1F. The molecule has 0 fully saturated rings. The molecule has 0 unspecified atom stereocenters. The maximum Gasteiger partial charge on any atom is 0.387 e. The number of carbonyl (C=O) groups is 2. The van der Waals surface area contributed by atoms with Gasteiger partial charge in [0.2, 0.25) is 0 Å². The van der Waals surface area contributed by atoms with E-state index in [4.69, 9.17) is 4.74 Å². The maximum atomic E-state index is 13.5. The molecular formula is C17H13F4NO4. The van der Waals surface area contributed by atoms with E-state index < -0.39 is 36.2 Å². The van der Waals surface area contributed by atoms with Gasteiger partial charge in [-0.2, -0.15) is 8.78 Å². The number of rotatable bonds is 6. The third kappa shape index (κ3) is 5.20. The Morgan fingerprint density at radius 3 is 2.27 bits per heavy atom. The highest BCUT2D eigenvalue weighted by molar-refractivity contribution is 5.97. The van der Waals surface area contributed by atoms with E-state index in [-0.39, 0.29) is 17.0 Å². The molecule has 1 atom stereocenters. The van der Waals surface area contributed by atoms with Crippen LogP contribution in [0, 0.1) is 11.6 Å². The molecule has 0 radical (unpaired) electrons. The van der Waals surface area contributed by atoms with Crippen molar-refractivity contribution in [3.05, 3.63) is 59.7 Å². The van der Waals surface area contributed by atoms with Gasteiger partial charge in [0.25, 0.3) is 5.91 Å². The summed E-state index contributed by atoms with van der Waals surface area (Å²) in [6.45, 7) is -1.74. The third-order valence-electron chi connectivity index (χ3n) is 3.16. The zero-order chi connectivity index (χ0) is 19.3. The summed E-state index contributed by atoms with van der Waals surface area (Å²) in [4.78, 5) is 23.9. The molecule has 0 spiro atoms. The molecule has 1 amide bonds. The van der Waals surface area contributed by atoms with Gasteiger partial charge in [-0.1, -0.05) is 0 Å². The van der Waals surface area contributed by atoms with Crippen LogP contribution in [0.25, 0.3) is 0 Å². The molecule has 1 N–H and O–H groups in total. The number of halogens is 4. The minimum Gasteiger partial charge on any atom is -0.449 e. The van der Waals surface area contributed by atoms with Crippen molar-refractivity contribution in [2.75, 3.05) is 5.32 Å². The van der Waals surface area contributed by atoms with Crippen molar-refractivity contribution in [3.63, 3.8) is 0 Å². The molecule has 2 aromatic rings. The summed E-state index contributed by atoms with van der Waals surface area (Å²) in [7, 11) is 0. The van der Waals surface area contributed by atoms with Gasteiger partial charge in [-0.25, -0.2) is 13.6 Å². The highest BCUT2D eigenvalue weighted by atomic mass is 19.3. The van der Waals surface area contributed by atoms with Crippen molar-refractivity contribution in [1.82, 2.24) is 0 Å². The molecule has 9 heteroatoms. The Kier molecular flexibility index (Phi) is 6.16. The van der Waals surface area contributed by atoms with Crippen molar-refractivity contribution in [1.29, 1.82) is 0 Å². The zero-order valence-electron chi connectivity index (χ0n) is 13.3. The summed E-state index contributed by atoms with van der Waals surface area (Å²) >= 11 is 0. The Morgan fingerprint density at radius 2 is 1.69 bits per heavy atom. The Bertz CT molecular complexity index is 796. The van der Waals surface area contributed by atoms with E-state index in [2.05, 4.69) is 10.1 Å². The predicted octanol–water partition coefficient (Wildman–Crippen LogP) is 3.75. The van der Waals surface area contributed by atoms with Crippen LogP contribution in [0.3, 0.4) is 0 Å². The fraction of sp³-hybridized carbons (Fsp3) is 0.176. The summed E-state index contributed by atoms with van der Waals surface area (Å²) in [5.74, 6) is -3.66. The minimum atomic E-state index is -3.00. The van der Waals surface area contributed by atoms with E-state index in [1.807, 2.05) is 0 Å². The number of esters is 1. The van der Waals surface area contributed by atoms with E-state index in [0.29, 0.717) is 6.07 Å². The van der Waals surface area contributed by atoms with E-state index in [1.165, 1.54) is 19.1 Å². The highest BCUT2D eigenvalue weighted by Gasteiger charge is 2.20. The lowest BCUT2D eigenvalue weighted by molar-refractivity contribution is -0.123. The van der Waals surface area contributed by atoms with Gasteiger partial charge in [-0.15, -0.1) is 0 Å². The summed E-state index contributed by atoms with van der Waals surface area (Å²) in [5, 5.41) is 2.16. The molecule has 0 aromatic heterocycles. The molecule has 2 rings (SSSR count). The molecule has 0 aliphatic heterocycles. The zero-order valence-corrected chi connectivity index (χ0v) is 13.3. The first-order valence-electron chi connectivity index (χ1n) is 7.28. The van der Waals surface area contributed by atoms with Crippen molar-refractivity contribution in [3.8, 4) is 5.75 Å². The number of hydrogen-bond acceptors (Lipinski definition) is 4. The number of benzene rings is 2. The van der Waals surface area contributed by atoms with Gasteiger partial charge in [0.05, 0.1) is 11.3 Å².